The highest BCUT2D eigenvalue weighted by atomic mass is 79.9. The molecule has 0 saturated carbocycles. The Labute approximate surface area is 156 Å². The van der Waals surface area contributed by atoms with E-state index < -0.39 is 84.4 Å². The fraction of sp³-hybridized carbons (Fsp3) is 0.643. The molecule has 0 amide bonds. The summed E-state index contributed by atoms with van der Waals surface area (Å²) in [5, 5.41) is 52.4. The average Bonchev–Trinajstić information content (AvgIpc) is 2.72. The second-order valence-electron chi connectivity index (χ2n) is 5.09. The van der Waals surface area contributed by atoms with Gasteiger partial charge in [0.25, 0.3) is 0 Å². The summed E-state index contributed by atoms with van der Waals surface area (Å²) in [6, 6.07) is 0. The molecule has 0 aromatic rings. The smallest absolute Gasteiger partial charge is 0.240 e. The number of hydrogen-bond donors (Lipinski definition) is 5. The van der Waals surface area contributed by atoms with Gasteiger partial charge in [-0.25, -0.2) is 0 Å². The van der Waals surface area contributed by atoms with Crippen molar-refractivity contribution in [1.82, 2.24) is 0 Å². The quantitative estimate of drug-likeness (QED) is 0.188. The number of carbonyl (C=O) groups is 5. The van der Waals surface area contributed by atoms with E-state index in [1.807, 2.05) is 0 Å². The van der Waals surface area contributed by atoms with Gasteiger partial charge in [0.1, 0.15) is 12.2 Å². The summed E-state index contributed by atoms with van der Waals surface area (Å²) >= 11 is 2.09. The maximum absolute atomic E-state index is 12.4. The lowest BCUT2D eigenvalue weighted by molar-refractivity contribution is -0.249. The number of aliphatic hydroxyl groups is 5. The first-order chi connectivity index (χ1) is 13.2. The van der Waals surface area contributed by atoms with Crippen molar-refractivity contribution >= 4 is 43.8 Å². The first-order valence-corrected chi connectivity index (χ1v) is 7.01. The Morgan fingerprint density at radius 2 is 1.36 bits per heavy atom. The van der Waals surface area contributed by atoms with Gasteiger partial charge >= 0.3 is 0 Å². The molecular weight excluding hydrogens is 408 g/mol. The molecule has 0 aliphatic carbocycles. The van der Waals surface area contributed by atoms with Crippen LogP contribution in [0.25, 0.3) is 0 Å². The van der Waals surface area contributed by atoms with Crippen molar-refractivity contribution in [2.75, 3.05) is 0 Å². The van der Waals surface area contributed by atoms with Crippen LogP contribution in [0.3, 0.4) is 0 Å². The van der Waals surface area contributed by atoms with Gasteiger partial charge in [0.05, 0.1) is 0 Å². The van der Waals surface area contributed by atoms with Gasteiger partial charge in [-0.2, -0.15) is 0 Å². The van der Waals surface area contributed by atoms with Gasteiger partial charge in [0, 0.05) is 5.48 Å². The Kier molecular flexibility index (Phi) is 5.10. The predicted molar refractivity (Wildman–Crippen MR) is 83.5 cm³/mol. The third kappa shape index (κ3) is 3.23. The van der Waals surface area contributed by atoms with Crippen LogP contribution in [0.2, 0.25) is 0 Å². The summed E-state index contributed by atoms with van der Waals surface area (Å²) in [6.07, 6.45) is -6.07. The van der Waals surface area contributed by atoms with Crippen molar-refractivity contribution in [2.24, 2.45) is 0 Å². The molecular formula is C14H19BrO10. The van der Waals surface area contributed by atoms with E-state index in [2.05, 4.69) is 15.9 Å². The molecule has 25 heavy (non-hydrogen) atoms. The Hall–Kier alpha value is -1.37. The Morgan fingerprint density at radius 1 is 0.880 bits per heavy atom. The molecule has 0 radical (unpaired) electrons. The maximum Gasteiger partial charge on any atom is 0.240 e. The van der Waals surface area contributed by atoms with E-state index in [4.69, 9.17) is 5.48 Å². The van der Waals surface area contributed by atoms with E-state index in [1.54, 1.807) is 0 Å². The normalized spacial score (nSPS) is 23.1. The van der Waals surface area contributed by atoms with Crippen molar-refractivity contribution in [3.8, 4) is 0 Å². The molecule has 0 spiro atoms. The number of hydrogen-bond acceptors (Lipinski definition) is 10. The second kappa shape index (κ2) is 7.48. The lowest BCUT2D eigenvalue weighted by Crippen LogP contribution is -2.81. The number of Topliss-reactive ketones (excluding diaryl/α,β-unsaturated/α-hetero) is 4. The van der Waals surface area contributed by atoms with Gasteiger partial charge in [-0.3, -0.25) is 24.0 Å². The van der Waals surface area contributed by atoms with Crippen molar-refractivity contribution < 1.29 is 55.0 Å². The van der Waals surface area contributed by atoms with Crippen LogP contribution in [0, 0.1) is 0 Å². The molecule has 0 aliphatic heterocycles. The van der Waals surface area contributed by atoms with Crippen LogP contribution in [0.4, 0.5) is 0 Å². The third-order valence-corrected chi connectivity index (χ3v) is 4.22. The molecule has 10 nitrogen and oxygen atoms in total. The number of halogens is 1. The largest absolute Gasteiger partial charge is 0.386 e. The van der Waals surface area contributed by atoms with E-state index in [9.17, 15) is 49.5 Å². The number of rotatable bonds is 9. The lowest BCUT2D eigenvalue weighted by atomic mass is 9.62. The minimum absolute atomic E-state index is 1.22. The molecule has 5 N–H and O–H groups in total. The molecule has 1 unspecified atom stereocenters. The molecule has 0 bridgehead atoms. The standard InChI is InChI=1S/C14H19BrO10/c1-5(16)9(20)10(21)12(23,6(2)17)14(25,8(4)19)13(24,7(3)18)11(15)22/h9-10,20-21,23-25H,1-4H3/t9?,10-,12-,13-,14+/m1/s1/i1D,2D,3D,4D. The summed E-state index contributed by atoms with van der Waals surface area (Å²) < 4.78 is 26.2. The zero-order valence-corrected chi connectivity index (χ0v) is 14.2. The Balaban J connectivity index is 7.36. The molecule has 0 saturated heterocycles. The minimum Gasteiger partial charge on any atom is -0.386 e. The molecule has 11 heteroatoms. The predicted octanol–water partition coefficient (Wildman–Crippen LogP) is -2.82. The number of carbonyl (C=O) groups excluding carboxylic acids is 5. The van der Waals surface area contributed by atoms with Crippen LogP contribution in [0.5, 0.6) is 0 Å². The average molecular weight is 431 g/mol. The zero-order chi connectivity index (χ0) is 23.4. The van der Waals surface area contributed by atoms with Gasteiger partial charge in [-0.1, -0.05) is 0 Å². The Morgan fingerprint density at radius 3 is 1.72 bits per heavy atom. The van der Waals surface area contributed by atoms with Crippen LogP contribution in [0.1, 0.15) is 33.1 Å². The SMILES string of the molecule is [2H]CC(=O)C(O)[C@@H](O)[C@](O)(C(=O)C[2H])[C@@](O)(C(=O)C[2H])[C@](O)(C(=O)Br)C(=O)C[2H]. The topological polar surface area (TPSA) is 186 Å². The summed E-state index contributed by atoms with van der Waals surface area (Å²) in [4.78, 5) is 60.3. The molecule has 0 aromatic heterocycles. The monoisotopic (exact) mass is 430 g/mol. The van der Waals surface area contributed by atoms with Gasteiger partial charge in [-0.05, 0) is 43.5 Å². The summed E-state index contributed by atoms with van der Waals surface area (Å²) in [7, 11) is 0. The molecule has 0 rings (SSSR count). The van der Waals surface area contributed by atoms with Crippen molar-refractivity contribution in [3.63, 3.8) is 0 Å². The number of aliphatic hydroxyl groups excluding tert-OH is 2. The summed E-state index contributed by atoms with van der Waals surface area (Å²) in [6.45, 7) is -5.89. The van der Waals surface area contributed by atoms with Crippen molar-refractivity contribution in [1.29, 1.82) is 0 Å². The first kappa shape index (κ1) is 17.1. The molecule has 5 atom stereocenters. The summed E-state index contributed by atoms with van der Waals surface area (Å²) in [5.41, 5.74) is -12.8. The maximum atomic E-state index is 12.4. The third-order valence-electron chi connectivity index (χ3n) is 3.65. The van der Waals surface area contributed by atoms with Crippen LogP contribution >= 0.6 is 15.9 Å². The van der Waals surface area contributed by atoms with Crippen LogP contribution in [-0.2, 0) is 24.0 Å². The minimum atomic E-state index is -4.40. The molecule has 142 valence electrons. The fourth-order valence-electron chi connectivity index (χ4n) is 2.13. The zero-order valence-electron chi connectivity index (χ0n) is 16.6. The molecule has 0 aliphatic rings. The van der Waals surface area contributed by atoms with E-state index in [0.29, 0.717) is 0 Å². The molecule has 0 aromatic carbocycles. The fourth-order valence-corrected chi connectivity index (χ4v) is 2.64. The van der Waals surface area contributed by atoms with Crippen LogP contribution in [0.15, 0.2) is 0 Å². The van der Waals surface area contributed by atoms with Gasteiger partial charge < -0.3 is 25.5 Å². The van der Waals surface area contributed by atoms with Crippen LogP contribution in [-0.4, -0.2) is 82.4 Å². The van der Waals surface area contributed by atoms with E-state index >= 15 is 0 Å². The highest BCUT2D eigenvalue weighted by Crippen LogP contribution is 2.41. The van der Waals surface area contributed by atoms with Gasteiger partial charge in [0.15, 0.2) is 28.7 Å². The Bertz CT molecular complexity index is 706. The second-order valence-corrected chi connectivity index (χ2v) is 5.81. The van der Waals surface area contributed by atoms with Gasteiger partial charge in [0.2, 0.25) is 15.9 Å². The van der Waals surface area contributed by atoms with Gasteiger partial charge in [-0.15, -0.1) is 0 Å². The van der Waals surface area contributed by atoms with E-state index in [-0.39, 0.29) is 0 Å². The van der Waals surface area contributed by atoms with E-state index in [1.165, 1.54) is 0 Å². The highest BCUT2D eigenvalue weighted by Gasteiger charge is 2.75. The van der Waals surface area contributed by atoms with E-state index in [0.717, 1.165) is 0 Å². The summed E-state index contributed by atoms with van der Waals surface area (Å²) in [5.74, 6) is -7.64. The lowest BCUT2D eigenvalue weighted by Gasteiger charge is -2.49. The number of ketones is 4. The van der Waals surface area contributed by atoms with Crippen LogP contribution < -0.4 is 0 Å². The highest BCUT2D eigenvalue weighted by molar-refractivity contribution is 9.18. The van der Waals surface area contributed by atoms with Crippen molar-refractivity contribution in [3.05, 3.63) is 0 Å². The molecule has 0 fully saturated rings. The van der Waals surface area contributed by atoms with Crippen molar-refractivity contribution in [2.45, 2.75) is 56.6 Å². The first-order valence-electron chi connectivity index (χ1n) is 9.05. The molecule has 0 heterocycles.